The summed E-state index contributed by atoms with van der Waals surface area (Å²) >= 11 is 3.31. The average Bonchev–Trinajstić information content (AvgIpc) is 2.61. The molecule has 19 heavy (non-hydrogen) atoms. The molecule has 1 saturated heterocycles. The average molecular weight is 336 g/mol. The van der Waals surface area contributed by atoms with E-state index in [0.717, 1.165) is 4.47 Å². The monoisotopic (exact) mass is 335 g/mol. The molecule has 1 atom stereocenters. The summed E-state index contributed by atoms with van der Waals surface area (Å²) in [5.41, 5.74) is 0.642. The van der Waals surface area contributed by atoms with Gasteiger partial charge in [0.25, 0.3) is 0 Å². The number of benzene rings is 1. The first-order valence-corrected chi connectivity index (χ1v) is 6.38. The molecule has 0 radical (unpaired) electrons. The Hall–Kier alpha value is -1.37. The lowest BCUT2D eigenvalue weighted by molar-refractivity contribution is -0.158. The lowest BCUT2D eigenvalue weighted by Gasteiger charge is -2.14. The van der Waals surface area contributed by atoms with Crippen LogP contribution in [0.3, 0.4) is 0 Å². The van der Waals surface area contributed by atoms with Crippen molar-refractivity contribution >= 4 is 27.6 Å². The second kappa shape index (κ2) is 5.32. The Labute approximate surface area is 117 Å². The highest BCUT2D eigenvalue weighted by atomic mass is 79.9. The molecule has 0 bridgehead atoms. The molecule has 1 unspecified atom stereocenters. The van der Waals surface area contributed by atoms with Crippen LogP contribution < -0.4 is 10.1 Å². The number of cyclic esters (lactones) is 1. The fourth-order valence-corrected chi connectivity index (χ4v) is 2.17. The molecule has 4 nitrogen and oxygen atoms in total. The minimum absolute atomic E-state index is 0.105. The Morgan fingerprint density at radius 2 is 2.32 bits per heavy atom. The molecule has 2 rings (SSSR count). The number of carbonyl (C=O) groups excluding carboxylic acids is 1. The number of ether oxygens (including phenoxy) is 2. The van der Waals surface area contributed by atoms with Crippen LogP contribution in [0.5, 0.6) is 5.75 Å². The zero-order chi connectivity index (χ0) is 14.0. The molecule has 1 aromatic rings. The number of alkyl halides is 2. The molecule has 0 aliphatic carbocycles. The number of rotatable bonds is 4. The highest BCUT2D eigenvalue weighted by Gasteiger charge is 2.50. The van der Waals surface area contributed by atoms with Gasteiger partial charge in [-0.25, -0.2) is 4.79 Å². The molecule has 1 aliphatic rings. The number of esters is 1. The fourth-order valence-electron chi connectivity index (χ4n) is 1.80. The largest absolute Gasteiger partial charge is 0.495 e. The van der Waals surface area contributed by atoms with E-state index in [0.29, 0.717) is 11.4 Å². The molecule has 1 N–H and O–H groups in total. The van der Waals surface area contributed by atoms with E-state index in [1.165, 1.54) is 7.11 Å². The van der Waals surface area contributed by atoms with Crippen molar-refractivity contribution in [3.8, 4) is 5.75 Å². The van der Waals surface area contributed by atoms with Crippen molar-refractivity contribution in [3.63, 3.8) is 0 Å². The predicted octanol–water partition coefficient (Wildman–Crippen LogP) is 2.82. The number of carbonyl (C=O) groups is 1. The second-order valence-corrected chi connectivity index (χ2v) is 5.08. The maximum Gasteiger partial charge on any atom is 0.377 e. The Balaban J connectivity index is 2.00. The summed E-state index contributed by atoms with van der Waals surface area (Å²) in [6.07, 6.45) is -1.44. The smallest absolute Gasteiger partial charge is 0.377 e. The van der Waals surface area contributed by atoms with Crippen LogP contribution in [0.25, 0.3) is 0 Å². The van der Waals surface area contributed by atoms with Crippen LogP contribution >= 0.6 is 15.9 Å². The molecule has 1 heterocycles. The Morgan fingerprint density at radius 1 is 1.58 bits per heavy atom. The first kappa shape index (κ1) is 14.0. The quantitative estimate of drug-likeness (QED) is 0.859. The molecule has 1 aliphatic heterocycles. The lowest BCUT2D eigenvalue weighted by atomic mass is 10.2. The topological polar surface area (TPSA) is 47.6 Å². The first-order chi connectivity index (χ1) is 8.92. The molecule has 7 heteroatoms. The Morgan fingerprint density at radius 3 is 2.89 bits per heavy atom. The third kappa shape index (κ3) is 3.15. The third-order valence-electron chi connectivity index (χ3n) is 2.74. The zero-order valence-electron chi connectivity index (χ0n) is 10.1. The standard InChI is InChI=1S/C12H12BrF2NO3/c1-18-10-3-2-7(13)4-9(10)16-6-8-5-12(14,15)11(17)19-8/h2-4,8,16H,5-6H2,1H3. The summed E-state index contributed by atoms with van der Waals surface area (Å²) in [7, 11) is 1.51. The van der Waals surface area contributed by atoms with E-state index >= 15 is 0 Å². The van der Waals surface area contributed by atoms with Crippen molar-refractivity contribution in [1.82, 2.24) is 0 Å². The molecule has 1 fully saturated rings. The van der Waals surface area contributed by atoms with Crippen LogP contribution in [0.2, 0.25) is 0 Å². The van der Waals surface area contributed by atoms with Gasteiger partial charge < -0.3 is 14.8 Å². The van der Waals surface area contributed by atoms with E-state index in [9.17, 15) is 13.6 Å². The normalized spacial score (nSPS) is 21.1. The van der Waals surface area contributed by atoms with Crippen molar-refractivity contribution in [3.05, 3.63) is 22.7 Å². The predicted molar refractivity (Wildman–Crippen MR) is 68.6 cm³/mol. The maximum atomic E-state index is 13.0. The summed E-state index contributed by atoms with van der Waals surface area (Å²) in [6.45, 7) is 0.105. The van der Waals surface area contributed by atoms with Crippen molar-refractivity contribution in [2.24, 2.45) is 0 Å². The van der Waals surface area contributed by atoms with E-state index in [1.807, 2.05) is 0 Å². The van der Waals surface area contributed by atoms with Gasteiger partial charge in [-0.1, -0.05) is 15.9 Å². The van der Waals surface area contributed by atoms with Crippen LogP contribution in [0.15, 0.2) is 22.7 Å². The van der Waals surface area contributed by atoms with Crippen molar-refractivity contribution in [2.75, 3.05) is 19.0 Å². The summed E-state index contributed by atoms with van der Waals surface area (Å²) in [5, 5.41) is 2.94. The molecular formula is C12H12BrF2NO3. The van der Waals surface area contributed by atoms with E-state index < -0.39 is 24.4 Å². The lowest BCUT2D eigenvalue weighted by Crippen LogP contribution is -2.22. The highest BCUT2D eigenvalue weighted by Crippen LogP contribution is 2.32. The molecule has 0 spiro atoms. The summed E-state index contributed by atoms with van der Waals surface area (Å²) < 4.78 is 36.5. The molecule has 0 aromatic heterocycles. The van der Waals surface area contributed by atoms with E-state index in [2.05, 4.69) is 26.0 Å². The van der Waals surface area contributed by atoms with Gasteiger partial charge in [0.2, 0.25) is 0 Å². The number of nitrogens with one attached hydrogen (secondary N) is 1. The number of methoxy groups -OCH3 is 1. The van der Waals surface area contributed by atoms with Crippen LogP contribution in [0.4, 0.5) is 14.5 Å². The summed E-state index contributed by atoms with van der Waals surface area (Å²) in [6, 6.07) is 5.29. The van der Waals surface area contributed by atoms with Gasteiger partial charge in [0.05, 0.1) is 25.8 Å². The third-order valence-corrected chi connectivity index (χ3v) is 3.23. The van der Waals surface area contributed by atoms with Crippen molar-refractivity contribution < 1.29 is 23.0 Å². The molecule has 0 amide bonds. The summed E-state index contributed by atoms with van der Waals surface area (Å²) in [4.78, 5) is 10.9. The van der Waals surface area contributed by atoms with Gasteiger partial charge >= 0.3 is 11.9 Å². The minimum Gasteiger partial charge on any atom is -0.495 e. The van der Waals surface area contributed by atoms with Gasteiger partial charge in [-0.05, 0) is 18.2 Å². The van der Waals surface area contributed by atoms with Gasteiger partial charge in [-0.3, -0.25) is 0 Å². The highest BCUT2D eigenvalue weighted by molar-refractivity contribution is 9.10. The second-order valence-electron chi connectivity index (χ2n) is 4.16. The minimum atomic E-state index is -3.38. The fraction of sp³-hybridized carbons (Fsp3) is 0.417. The van der Waals surface area contributed by atoms with Crippen molar-refractivity contribution in [2.45, 2.75) is 18.4 Å². The Bertz CT molecular complexity index is 496. The van der Waals surface area contributed by atoms with Crippen LogP contribution in [0, 0.1) is 0 Å². The van der Waals surface area contributed by atoms with Crippen molar-refractivity contribution in [1.29, 1.82) is 0 Å². The number of hydrogen-bond acceptors (Lipinski definition) is 4. The van der Waals surface area contributed by atoms with E-state index in [1.54, 1.807) is 18.2 Å². The van der Waals surface area contributed by atoms with Gasteiger partial charge in [-0.15, -0.1) is 0 Å². The van der Waals surface area contributed by atoms with Crippen LogP contribution in [0.1, 0.15) is 6.42 Å². The van der Waals surface area contributed by atoms with Gasteiger partial charge in [-0.2, -0.15) is 8.78 Å². The number of anilines is 1. The zero-order valence-corrected chi connectivity index (χ0v) is 11.7. The molecule has 1 aromatic carbocycles. The number of halogens is 3. The molecule has 0 saturated carbocycles. The van der Waals surface area contributed by atoms with Crippen LogP contribution in [-0.2, 0) is 9.53 Å². The first-order valence-electron chi connectivity index (χ1n) is 5.58. The van der Waals surface area contributed by atoms with Gasteiger partial charge in [0.1, 0.15) is 11.9 Å². The SMILES string of the molecule is COc1ccc(Br)cc1NCC1CC(F)(F)C(=O)O1. The van der Waals surface area contributed by atoms with Crippen LogP contribution in [-0.4, -0.2) is 31.7 Å². The molecule has 104 valence electrons. The summed E-state index contributed by atoms with van der Waals surface area (Å²) in [5.74, 6) is -4.26. The van der Waals surface area contributed by atoms with E-state index in [4.69, 9.17) is 4.74 Å². The Kier molecular flexibility index (Phi) is 3.93. The maximum absolute atomic E-state index is 13.0. The van der Waals surface area contributed by atoms with E-state index in [-0.39, 0.29) is 6.54 Å². The van der Waals surface area contributed by atoms with Gasteiger partial charge in [0.15, 0.2) is 0 Å². The molecular weight excluding hydrogens is 324 g/mol. The number of hydrogen-bond donors (Lipinski definition) is 1. The van der Waals surface area contributed by atoms with Gasteiger partial charge in [0, 0.05) is 4.47 Å².